The highest BCUT2D eigenvalue weighted by molar-refractivity contribution is 7.11. The van der Waals surface area contributed by atoms with E-state index < -0.39 is 7.83 Å². The van der Waals surface area contributed by atoms with Crippen LogP contribution in [0, 0.1) is 0 Å². The highest BCUT2D eigenvalue weighted by Gasteiger charge is 2.25. The van der Waals surface area contributed by atoms with E-state index in [4.69, 9.17) is 0 Å². The van der Waals surface area contributed by atoms with E-state index in [0.717, 1.165) is 12.1 Å². The van der Waals surface area contributed by atoms with Crippen molar-refractivity contribution in [2.75, 3.05) is 0 Å². The van der Waals surface area contributed by atoms with Gasteiger partial charge in [0.15, 0.2) is 7.83 Å². The Hall–Kier alpha value is -1.17. The molecule has 0 saturated heterocycles. The second kappa shape index (κ2) is 5.44. The second-order valence-corrected chi connectivity index (χ2v) is 9.92. The van der Waals surface area contributed by atoms with Crippen molar-refractivity contribution in [3.63, 3.8) is 0 Å². The van der Waals surface area contributed by atoms with Crippen LogP contribution in [-0.2, 0) is 12.1 Å². The summed E-state index contributed by atoms with van der Waals surface area (Å²) in [5, 5.41) is 0. The van der Waals surface area contributed by atoms with Crippen molar-refractivity contribution in [3.05, 3.63) is 71.8 Å². The maximum atomic E-state index is 10.5. The summed E-state index contributed by atoms with van der Waals surface area (Å²) in [6, 6.07) is 21.7. The Balaban J connectivity index is 2.04. The average molecular weight is 255 g/mol. The molecular weight excluding hydrogens is 240 g/mol. The maximum Gasteiger partial charge on any atom is 0.175 e. The van der Waals surface area contributed by atoms with Crippen LogP contribution in [0.5, 0.6) is 0 Å². The van der Waals surface area contributed by atoms with Crippen molar-refractivity contribution in [2.24, 2.45) is 0 Å². The largest absolute Gasteiger partial charge is 0.435 e. The zero-order valence-electron chi connectivity index (χ0n) is 9.63. The molecule has 0 aliphatic heterocycles. The Kier molecular flexibility index (Phi) is 3.94. The maximum absolute atomic E-state index is 10.5. The first kappa shape index (κ1) is 12.3. The van der Waals surface area contributed by atoms with Crippen molar-refractivity contribution in [3.8, 4) is 0 Å². The van der Waals surface area contributed by atoms with E-state index in [2.05, 4.69) is 34.0 Å². The van der Waals surface area contributed by atoms with Gasteiger partial charge in [-0.25, -0.2) is 0 Å². The minimum absolute atomic E-state index is 0.736. The van der Waals surface area contributed by atoms with Crippen molar-refractivity contribution in [1.29, 1.82) is 0 Å². The van der Waals surface area contributed by atoms with Crippen LogP contribution in [0.1, 0.15) is 11.1 Å². The van der Waals surface area contributed by atoms with Gasteiger partial charge in [-0.2, -0.15) is 0 Å². The molecule has 0 atom stereocenters. The molecule has 0 aliphatic rings. The monoisotopic (exact) mass is 255 g/mol. The van der Waals surface area contributed by atoms with Gasteiger partial charge in [-0.1, -0.05) is 60.7 Å². The molecule has 0 aromatic heterocycles. The molecule has 1 N–H and O–H groups in total. The summed E-state index contributed by atoms with van der Waals surface area (Å²) in [5.41, 5.74) is 2.38. The van der Waals surface area contributed by atoms with E-state index in [9.17, 15) is 4.80 Å². The predicted molar refractivity (Wildman–Crippen MR) is 74.0 cm³/mol. The Morgan fingerprint density at radius 2 is 1.12 bits per heavy atom. The summed E-state index contributed by atoms with van der Waals surface area (Å²) in [5.74, 6) is 0. The smallest absolute Gasteiger partial charge is 0.175 e. The van der Waals surface area contributed by atoms with Gasteiger partial charge in [0.1, 0.15) is 0 Å². The molecule has 3 heteroatoms. The third kappa shape index (κ3) is 3.96. The molecule has 0 bridgehead atoms. The van der Waals surface area contributed by atoms with Gasteiger partial charge in [0.25, 0.3) is 0 Å². The molecule has 0 unspecified atom stereocenters. The molecule has 85 valence electrons. The molecule has 0 amide bonds. The quantitative estimate of drug-likeness (QED) is 0.830. The fraction of sp³-hybridized carbons (Fsp3) is 0.143. The van der Waals surface area contributed by atoms with Gasteiger partial charge in [0.2, 0.25) is 0 Å². The summed E-state index contributed by atoms with van der Waals surface area (Å²) in [6.07, 6.45) is 0. The first-order valence-electron chi connectivity index (χ1n) is 5.71. The molecule has 0 spiro atoms. The summed E-state index contributed by atoms with van der Waals surface area (Å²) in [7, 11) is 1.23. The zero-order valence-corrected chi connectivity index (χ0v) is 11.6. The number of hydrogen-bond acceptors (Lipinski definition) is 1. The fourth-order valence-electron chi connectivity index (χ4n) is 1.93. The number of hydrogen-bond donors (Lipinski definition) is 1. The molecule has 0 heterocycles. The summed E-state index contributed by atoms with van der Waals surface area (Å²) in [6.45, 7) is 0. The molecule has 3 radical (unpaired) electrons. The zero-order chi connectivity index (χ0) is 12.1. The lowest BCUT2D eigenvalue weighted by molar-refractivity contribution is 0.554. The molecular formula is C14H15OSi2. The molecule has 2 aromatic carbocycles. The van der Waals surface area contributed by atoms with Crippen LogP contribution in [0.25, 0.3) is 0 Å². The van der Waals surface area contributed by atoms with E-state index >= 15 is 0 Å². The molecule has 2 rings (SSSR count). The highest BCUT2D eigenvalue weighted by atomic mass is 29.2. The fourth-order valence-corrected chi connectivity index (χ4v) is 5.10. The van der Waals surface area contributed by atoms with Crippen LogP contribution in [0.2, 0.25) is 0 Å². The lowest BCUT2D eigenvalue weighted by atomic mass is 10.2. The number of rotatable bonds is 4. The standard InChI is InChI=1S/C14H15OSi2/c15-17(16,11-13-7-3-1-4-8-13)12-14-9-5-2-6-10-14/h1-10,15H,11-12H2. The average Bonchev–Trinajstić information content (AvgIpc) is 2.30. The van der Waals surface area contributed by atoms with Gasteiger partial charge in [-0.05, 0) is 23.2 Å². The van der Waals surface area contributed by atoms with Crippen molar-refractivity contribution < 1.29 is 4.80 Å². The van der Waals surface area contributed by atoms with E-state index in [0.29, 0.717) is 0 Å². The van der Waals surface area contributed by atoms with Gasteiger partial charge in [0.05, 0.1) is 9.76 Å². The SMILES string of the molecule is O[Si]([Si])(Cc1ccccc1)Cc1ccccc1. The topological polar surface area (TPSA) is 20.2 Å². The molecule has 0 saturated carbocycles. The van der Waals surface area contributed by atoms with Crippen molar-refractivity contribution in [1.82, 2.24) is 0 Å². The van der Waals surface area contributed by atoms with E-state index in [1.165, 1.54) is 11.1 Å². The Morgan fingerprint density at radius 1 is 0.765 bits per heavy atom. The lowest BCUT2D eigenvalue weighted by Crippen LogP contribution is -2.42. The van der Waals surface area contributed by atoms with Gasteiger partial charge in [-0.3, -0.25) is 0 Å². The van der Waals surface area contributed by atoms with Crippen molar-refractivity contribution in [2.45, 2.75) is 12.1 Å². The van der Waals surface area contributed by atoms with Crippen LogP contribution in [0.3, 0.4) is 0 Å². The van der Waals surface area contributed by atoms with E-state index in [1.54, 1.807) is 0 Å². The predicted octanol–water partition coefficient (Wildman–Crippen LogP) is 2.15. The summed E-state index contributed by atoms with van der Waals surface area (Å²) < 4.78 is 0. The first-order valence-corrected chi connectivity index (χ1v) is 9.57. The second-order valence-electron chi connectivity index (χ2n) is 4.36. The molecule has 0 fully saturated rings. The minimum Gasteiger partial charge on any atom is -0.435 e. The van der Waals surface area contributed by atoms with Gasteiger partial charge >= 0.3 is 0 Å². The van der Waals surface area contributed by atoms with Crippen LogP contribution >= 0.6 is 0 Å². The van der Waals surface area contributed by atoms with E-state index in [1.807, 2.05) is 36.4 Å². The third-order valence-corrected chi connectivity index (χ3v) is 5.73. The Bertz CT molecular complexity index is 411. The Labute approximate surface area is 106 Å². The summed E-state index contributed by atoms with van der Waals surface area (Å²) in [4.78, 5) is 10.5. The highest BCUT2D eigenvalue weighted by Crippen LogP contribution is 2.12. The lowest BCUT2D eigenvalue weighted by Gasteiger charge is -2.20. The van der Waals surface area contributed by atoms with E-state index in [-0.39, 0.29) is 0 Å². The molecule has 1 nitrogen and oxygen atoms in total. The van der Waals surface area contributed by atoms with Crippen LogP contribution < -0.4 is 0 Å². The van der Waals surface area contributed by atoms with Crippen LogP contribution in [-0.4, -0.2) is 22.4 Å². The molecule has 2 aromatic rings. The van der Waals surface area contributed by atoms with Crippen LogP contribution in [0.15, 0.2) is 60.7 Å². The normalized spacial score (nSPS) is 11.4. The molecule has 17 heavy (non-hydrogen) atoms. The minimum atomic E-state index is -2.38. The van der Waals surface area contributed by atoms with Gasteiger partial charge in [0, 0.05) is 0 Å². The number of benzene rings is 2. The Morgan fingerprint density at radius 3 is 1.47 bits per heavy atom. The van der Waals surface area contributed by atoms with Gasteiger partial charge < -0.3 is 4.80 Å². The van der Waals surface area contributed by atoms with Crippen molar-refractivity contribution >= 4 is 17.6 Å². The third-order valence-electron chi connectivity index (χ3n) is 2.68. The first-order chi connectivity index (χ1) is 8.16. The summed E-state index contributed by atoms with van der Waals surface area (Å²) >= 11 is 0. The van der Waals surface area contributed by atoms with Gasteiger partial charge in [-0.15, -0.1) is 0 Å². The van der Waals surface area contributed by atoms with Crippen LogP contribution in [0.4, 0.5) is 0 Å². The molecule has 0 aliphatic carbocycles.